The summed E-state index contributed by atoms with van der Waals surface area (Å²) < 4.78 is 0. The second-order valence-electron chi connectivity index (χ2n) is 9.69. The molecule has 6 heteroatoms. The summed E-state index contributed by atoms with van der Waals surface area (Å²) in [4.78, 5) is 38.0. The Hall–Kier alpha value is -2.11. The van der Waals surface area contributed by atoms with Crippen molar-refractivity contribution < 1.29 is 14.4 Å². The Kier molecular flexibility index (Phi) is 4.02. The number of nitrogens with zero attached hydrogens (tertiary/aromatic N) is 1. The average molecular weight is 366 g/mol. The summed E-state index contributed by atoms with van der Waals surface area (Å²) in [5, 5.41) is 2.36. The molecule has 0 saturated carbocycles. The van der Waals surface area contributed by atoms with Crippen LogP contribution in [0.5, 0.6) is 0 Å². The molecule has 1 N–H and O–H groups in total. The lowest BCUT2D eigenvalue weighted by Crippen LogP contribution is -2.52. The summed E-state index contributed by atoms with van der Waals surface area (Å²) in [6, 6.07) is 5.64. The van der Waals surface area contributed by atoms with Gasteiger partial charge < -0.3 is 4.90 Å². The van der Waals surface area contributed by atoms with Crippen LogP contribution in [0.1, 0.15) is 56.5 Å². The molecule has 5 nitrogen and oxygen atoms in total. The predicted molar refractivity (Wildman–Crippen MR) is 105 cm³/mol. The van der Waals surface area contributed by atoms with Crippen LogP contribution in [0.2, 0.25) is 12.6 Å². The Balaban J connectivity index is 1.57. The van der Waals surface area contributed by atoms with Crippen LogP contribution in [0, 0.1) is 10.8 Å². The number of hydrogen-bond donors (Lipinski definition) is 1. The molecule has 2 saturated heterocycles. The van der Waals surface area contributed by atoms with Crippen molar-refractivity contribution in [1.82, 2.24) is 10.2 Å². The molecule has 3 amide bonds. The summed E-state index contributed by atoms with van der Waals surface area (Å²) in [7, 11) is 0. The number of fused-ring (bicyclic) bond motifs is 1. The van der Waals surface area contributed by atoms with Gasteiger partial charge in [-0.2, -0.15) is 0 Å². The molecule has 0 aromatic heterocycles. The van der Waals surface area contributed by atoms with Crippen molar-refractivity contribution >= 4 is 29.9 Å². The van der Waals surface area contributed by atoms with Crippen molar-refractivity contribution in [3.63, 3.8) is 0 Å². The molecule has 0 bridgehead atoms. The van der Waals surface area contributed by atoms with Crippen molar-refractivity contribution in [2.24, 2.45) is 10.8 Å². The first-order valence-electron chi connectivity index (χ1n) is 9.86. The van der Waals surface area contributed by atoms with Crippen LogP contribution in [0.25, 0.3) is 0 Å². The fourth-order valence-corrected chi connectivity index (χ4v) is 4.94. The summed E-state index contributed by atoms with van der Waals surface area (Å²) in [6.07, 6.45) is 2.98. The average Bonchev–Trinajstić information content (AvgIpc) is 3.00. The van der Waals surface area contributed by atoms with Gasteiger partial charge >= 0.3 is 0 Å². The molecule has 1 aromatic carbocycles. The zero-order valence-electron chi connectivity index (χ0n) is 16.6. The highest BCUT2D eigenvalue weighted by Crippen LogP contribution is 2.52. The van der Waals surface area contributed by atoms with E-state index in [1.165, 1.54) is 5.46 Å². The topological polar surface area (TPSA) is 66.5 Å². The van der Waals surface area contributed by atoms with Gasteiger partial charge in [0.25, 0.3) is 5.91 Å². The van der Waals surface area contributed by atoms with Crippen molar-refractivity contribution in [3.05, 3.63) is 29.3 Å². The Morgan fingerprint density at radius 3 is 2.37 bits per heavy atom. The molecule has 3 aliphatic rings. The number of carbonyl (C=O) groups is 3. The molecule has 142 valence electrons. The maximum absolute atomic E-state index is 12.8. The maximum atomic E-state index is 12.8. The molecule has 0 radical (unpaired) electrons. The third kappa shape index (κ3) is 2.90. The van der Waals surface area contributed by atoms with E-state index in [0.29, 0.717) is 25.2 Å². The third-order valence-electron chi connectivity index (χ3n) is 7.36. The van der Waals surface area contributed by atoms with E-state index in [-0.39, 0.29) is 35.0 Å². The SMILES string of the molecule is CC1(C)CB(c2ccc3c(c2)CN(C2CCC(=O)NC2=O)C3=O)CC1(C)C. The molecule has 4 rings (SSSR count). The third-order valence-corrected chi connectivity index (χ3v) is 7.36. The van der Waals surface area contributed by atoms with E-state index in [0.717, 1.165) is 18.2 Å². The molecule has 2 fully saturated rings. The smallest absolute Gasteiger partial charge is 0.255 e. The van der Waals surface area contributed by atoms with Gasteiger partial charge in [0.05, 0.1) is 0 Å². The Labute approximate surface area is 161 Å². The number of benzene rings is 1. The van der Waals surface area contributed by atoms with E-state index in [9.17, 15) is 14.4 Å². The van der Waals surface area contributed by atoms with Crippen LogP contribution >= 0.6 is 0 Å². The lowest BCUT2D eigenvalue weighted by molar-refractivity contribution is -0.136. The summed E-state index contributed by atoms with van der Waals surface area (Å²) >= 11 is 0. The largest absolute Gasteiger partial charge is 0.322 e. The van der Waals surface area contributed by atoms with Crippen LogP contribution in [0.15, 0.2) is 18.2 Å². The minimum Gasteiger partial charge on any atom is -0.322 e. The van der Waals surface area contributed by atoms with Gasteiger partial charge in [-0.05, 0) is 28.9 Å². The Bertz CT molecular complexity index is 830. The van der Waals surface area contributed by atoms with E-state index in [4.69, 9.17) is 0 Å². The van der Waals surface area contributed by atoms with Crippen LogP contribution < -0.4 is 10.8 Å². The minimum absolute atomic E-state index is 0.0990. The number of carbonyl (C=O) groups excluding carboxylic acids is 3. The summed E-state index contributed by atoms with van der Waals surface area (Å²) in [5.74, 6) is -0.709. The first kappa shape index (κ1) is 18.3. The van der Waals surface area contributed by atoms with E-state index in [2.05, 4.69) is 45.1 Å². The van der Waals surface area contributed by atoms with Gasteiger partial charge in [0.15, 0.2) is 6.71 Å². The molecule has 3 aliphatic heterocycles. The van der Waals surface area contributed by atoms with Gasteiger partial charge in [-0.3, -0.25) is 19.7 Å². The molecule has 27 heavy (non-hydrogen) atoms. The molecule has 3 heterocycles. The number of rotatable bonds is 2. The van der Waals surface area contributed by atoms with Crippen molar-refractivity contribution in [1.29, 1.82) is 0 Å². The van der Waals surface area contributed by atoms with Gasteiger partial charge in [0, 0.05) is 18.5 Å². The van der Waals surface area contributed by atoms with E-state index >= 15 is 0 Å². The van der Waals surface area contributed by atoms with Crippen LogP contribution in [0.3, 0.4) is 0 Å². The van der Waals surface area contributed by atoms with Gasteiger partial charge in [0.1, 0.15) is 6.04 Å². The van der Waals surface area contributed by atoms with E-state index in [1.54, 1.807) is 4.90 Å². The van der Waals surface area contributed by atoms with Gasteiger partial charge in [0.2, 0.25) is 11.8 Å². The fourth-order valence-electron chi connectivity index (χ4n) is 4.94. The predicted octanol–water partition coefficient (Wildman–Crippen LogP) is 2.22. The first-order valence-corrected chi connectivity index (χ1v) is 9.86. The summed E-state index contributed by atoms with van der Waals surface area (Å²) in [5.41, 5.74) is 3.56. The zero-order valence-corrected chi connectivity index (χ0v) is 16.6. The second kappa shape index (κ2) is 5.95. The molecule has 1 unspecified atom stereocenters. The lowest BCUT2D eigenvalue weighted by atomic mass is 9.42. The van der Waals surface area contributed by atoms with Crippen molar-refractivity contribution in [2.45, 2.75) is 65.8 Å². The zero-order chi connectivity index (χ0) is 19.6. The standard InChI is InChI=1S/C21H27BN2O3/c1-20(2)11-22(12-21(20,3)4)14-5-6-15-13(9-14)10-24(19(15)27)16-7-8-17(25)23-18(16)26/h5-6,9,16H,7-8,10-12H2,1-4H3,(H,23,25,26). The fraction of sp³-hybridized carbons (Fsp3) is 0.571. The number of nitrogens with one attached hydrogen (secondary N) is 1. The monoisotopic (exact) mass is 366 g/mol. The second-order valence-corrected chi connectivity index (χ2v) is 9.69. The molecule has 1 aromatic rings. The highest BCUT2D eigenvalue weighted by atomic mass is 16.2. The number of piperidine rings is 1. The van der Waals surface area contributed by atoms with Crippen molar-refractivity contribution in [2.75, 3.05) is 0 Å². The van der Waals surface area contributed by atoms with E-state index in [1.807, 2.05) is 6.07 Å². The maximum Gasteiger partial charge on any atom is 0.255 e. The van der Waals surface area contributed by atoms with Gasteiger partial charge in [-0.1, -0.05) is 57.9 Å². The quantitative estimate of drug-likeness (QED) is 0.645. The van der Waals surface area contributed by atoms with E-state index < -0.39 is 6.04 Å². The number of imide groups is 1. The Morgan fingerprint density at radius 2 is 1.74 bits per heavy atom. The van der Waals surface area contributed by atoms with Gasteiger partial charge in [-0.15, -0.1) is 0 Å². The molecule has 1 atom stereocenters. The highest BCUT2D eigenvalue weighted by molar-refractivity contribution is 6.74. The molecular weight excluding hydrogens is 339 g/mol. The highest BCUT2D eigenvalue weighted by Gasteiger charge is 2.48. The number of hydrogen-bond acceptors (Lipinski definition) is 3. The molecular formula is C21H27BN2O3. The summed E-state index contributed by atoms with van der Waals surface area (Å²) in [6.45, 7) is 10.3. The first-order chi connectivity index (χ1) is 12.6. The lowest BCUT2D eigenvalue weighted by Gasteiger charge is -2.35. The van der Waals surface area contributed by atoms with Crippen LogP contribution in [-0.4, -0.2) is 35.4 Å². The molecule has 0 spiro atoms. The normalized spacial score (nSPS) is 26.4. The minimum atomic E-state index is -0.546. The van der Waals surface area contributed by atoms with Gasteiger partial charge in [-0.25, -0.2) is 0 Å². The molecule has 0 aliphatic carbocycles. The van der Waals surface area contributed by atoms with Crippen LogP contribution in [-0.2, 0) is 16.1 Å². The number of amides is 3. The Morgan fingerprint density at radius 1 is 1.07 bits per heavy atom. The van der Waals surface area contributed by atoms with Crippen LogP contribution in [0.4, 0.5) is 0 Å². The van der Waals surface area contributed by atoms with Crippen molar-refractivity contribution in [3.8, 4) is 0 Å².